The Balaban J connectivity index is 2.27. The first-order chi connectivity index (χ1) is 9.13. The van der Waals surface area contributed by atoms with Crippen LogP contribution in [0.5, 0.6) is 0 Å². The first kappa shape index (κ1) is 13.3. The van der Waals surface area contributed by atoms with Gasteiger partial charge in [0.1, 0.15) is 5.65 Å². The number of aliphatic hydroxyl groups excluding tert-OH is 1. The van der Waals surface area contributed by atoms with E-state index in [1.54, 1.807) is 24.4 Å². The standard InChI is InChI=1S/C12H15N3O4/c1-19-7-8(16)6-13-11-10(12(17)18)15-5-3-2-4-9(15)14-11/h2-5,8,13,16H,6-7H2,1H3,(H,17,18). The lowest BCUT2D eigenvalue weighted by molar-refractivity contribution is 0.0686. The van der Waals surface area contributed by atoms with Gasteiger partial charge in [-0.25, -0.2) is 9.78 Å². The second-order valence-electron chi connectivity index (χ2n) is 4.03. The van der Waals surface area contributed by atoms with Crippen LogP contribution in [0.15, 0.2) is 24.4 Å². The molecular weight excluding hydrogens is 250 g/mol. The van der Waals surface area contributed by atoms with Crippen LogP contribution in [0.3, 0.4) is 0 Å². The molecule has 2 heterocycles. The number of nitrogens with zero attached hydrogens (tertiary/aromatic N) is 2. The van der Waals surface area contributed by atoms with Crippen LogP contribution in [0, 0.1) is 0 Å². The maximum atomic E-state index is 11.3. The maximum Gasteiger partial charge on any atom is 0.356 e. The zero-order chi connectivity index (χ0) is 13.8. The number of fused-ring (bicyclic) bond motifs is 1. The highest BCUT2D eigenvalue weighted by molar-refractivity contribution is 5.92. The van der Waals surface area contributed by atoms with Crippen LogP contribution in [0.2, 0.25) is 0 Å². The first-order valence-electron chi connectivity index (χ1n) is 5.74. The summed E-state index contributed by atoms with van der Waals surface area (Å²) in [7, 11) is 1.48. The van der Waals surface area contributed by atoms with E-state index < -0.39 is 12.1 Å². The van der Waals surface area contributed by atoms with Crippen molar-refractivity contribution in [3.63, 3.8) is 0 Å². The molecule has 0 aliphatic carbocycles. The number of imidazole rings is 1. The molecule has 2 rings (SSSR count). The monoisotopic (exact) mass is 265 g/mol. The second-order valence-corrected chi connectivity index (χ2v) is 4.03. The van der Waals surface area contributed by atoms with E-state index in [9.17, 15) is 15.0 Å². The average molecular weight is 265 g/mol. The van der Waals surface area contributed by atoms with Crippen molar-refractivity contribution >= 4 is 17.4 Å². The molecule has 0 spiro atoms. The lowest BCUT2D eigenvalue weighted by Gasteiger charge is -2.10. The van der Waals surface area contributed by atoms with Crippen LogP contribution in [0.4, 0.5) is 5.82 Å². The number of aliphatic hydroxyl groups is 1. The summed E-state index contributed by atoms with van der Waals surface area (Å²) in [5.41, 5.74) is 0.573. The molecule has 2 aromatic rings. The van der Waals surface area contributed by atoms with Gasteiger partial charge >= 0.3 is 5.97 Å². The number of anilines is 1. The third-order valence-electron chi connectivity index (χ3n) is 2.60. The first-order valence-corrected chi connectivity index (χ1v) is 5.74. The van der Waals surface area contributed by atoms with E-state index in [0.717, 1.165) is 0 Å². The van der Waals surface area contributed by atoms with E-state index in [1.807, 2.05) is 0 Å². The highest BCUT2D eigenvalue weighted by Gasteiger charge is 2.18. The number of nitrogens with one attached hydrogen (secondary N) is 1. The van der Waals surface area contributed by atoms with Gasteiger partial charge in [0.15, 0.2) is 11.5 Å². The minimum atomic E-state index is -1.08. The summed E-state index contributed by atoms with van der Waals surface area (Å²) in [6.45, 7) is 0.334. The number of carboxylic acids is 1. The number of pyridine rings is 1. The summed E-state index contributed by atoms with van der Waals surface area (Å²) in [5, 5.41) is 21.6. The molecule has 0 aliphatic heterocycles. The summed E-state index contributed by atoms with van der Waals surface area (Å²) in [6.07, 6.45) is 0.902. The molecule has 0 aromatic carbocycles. The van der Waals surface area contributed by atoms with Crippen molar-refractivity contribution < 1.29 is 19.7 Å². The molecule has 0 saturated heterocycles. The molecule has 2 aromatic heterocycles. The van der Waals surface area contributed by atoms with Gasteiger partial charge in [-0.3, -0.25) is 4.40 Å². The summed E-state index contributed by atoms with van der Waals surface area (Å²) in [4.78, 5) is 15.5. The topological polar surface area (TPSA) is 96.1 Å². The lowest BCUT2D eigenvalue weighted by Crippen LogP contribution is -2.25. The van der Waals surface area contributed by atoms with E-state index in [2.05, 4.69) is 10.3 Å². The highest BCUT2D eigenvalue weighted by Crippen LogP contribution is 2.17. The summed E-state index contributed by atoms with van der Waals surface area (Å²) in [5.74, 6) is -0.851. The van der Waals surface area contributed by atoms with Crippen molar-refractivity contribution in [2.24, 2.45) is 0 Å². The van der Waals surface area contributed by atoms with Gasteiger partial charge in [-0.2, -0.15) is 0 Å². The molecular formula is C12H15N3O4. The predicted octanol–water partition coefficient (Wildman–Crippen LogP) is 0.452. The van der Waals surface area contributed by atoms with Crippen LogP contribution in [-0.2, 0) is 4.74 Å². The van der Waals surface area contributed by atoms with Gasteiger partial charge in [0.2, 0.25) is 0 Å². The quantitative estimate of drug-likeness (QED) is 0.702. The molecule has 102 valence electrons. The normalized spacial score (nSPS) is 12.5. The van der Waals surface area contributed by atoms with Crippen molar-refractivity contribution in [2.75, 3.05) is 25.6 Å². The van der Waals surface area contributed by atoms with Gasteiger partial charge in [-0.15, -0.1) is 0 Å². The number of rotatable bonds is 6. The minimum Gasteiger partial charge on any atom is -0.476 e. The number of hydrogen-bond donors (Lipinski definition) is 3. The molecule has 3 N–H and O–H groups in total. The van der Waals surface area contributed by atoms with Gasteiger partial charge in [-0.1, -0.05) is 6.07 Å². The van der Waals surface area contributed by atoms with Crippen LogP contribution in [0.1, 0.15) is 10.5 Å². The largest absolute Gasteiger partial charge is 0.476 e. The molecule has 0 amide bonds. The molecule has 1 unspecified atom stereocenters. The van der Waals surface area contributed by atoms with E-state index >= 15 is 0 Å². The average Bonchev–Trinajstić information content (AvgIpc) is 2.75. The van der Waals surface area contributed by atoms with E-state index in [0.29, 0.717) is 5.65 Å². The van der Waals surface area contributed by atoms with Crippen LogP contribution in [0.25, 0.3) is 5.65 Å². The van der Waals surface area contributed by atoms with Crippen LogP contribution >= 0.6 is 0 Å². The molecule has 1 atom stereocenters. The Labute approximate surface area is 109 Å². The fourth-order valence-corrected chi connectivity index (χ4v) is 1.79. The summed E-state index contributed by atoms with van der Waals surface area (Å²) >= 11 is 0. The Morgan fingerprint density at radius 1 is 1.58 bits per heavy atom. The second kappa shape index (κ2) is 5.68. The molecule has 7 nitrogen and oxygen atoms in total. The molecule has 0 saturated carbocycles. The Kier molecular flexibility index (Phi) is 3.98. The van der Waals surface area contributed by atoms with E-state index in [1.165, 1.54) is 11.5 Å². The maximum absolute atomic E-state index is 11.3. The van der Waals surface area contributed by atoms with Crippen molar-refractivity contribution in [3.8, 4) is 0 Å². The third-order valence-corrected chi connectivity index (χ3v) is 2.60. The number of carbonyl (C=O) groups is 1. The van der Waals surface area contributed by atoms with Gasteiger partial charge in [-0.05, 0) is 12.1 Å². The lowest BCUT2D eigenvalue weighted by atomic mass is 10.3. The van der Waals surface area contributed by atoms with Crippen molar-refractivity contribution in [2.45, 2.75) is 6.10 Å². The van der Waals surface area contributed by atoms with Gasteiger partial charge in [0.25, 0.3) is 0 Å². The van der Waals surface area contributed by atoms with Gasteiger partial charge in [0.05, 0.1) is 12.7 Å². The number of hydrogen-bond acceptors (Lipinski definition) is 5. The highest BCUT2D eigenvalue weighted by atomic mass is 16.5. The molecule has 0 bridgehead atoms. The molecule has 0 aliphatic rings. The van der Waals surface area contributed by atoms with Crippen molar-refractivity contribution in [1.29, 1.82) is 0 Å². The van der Waals surface area contributed by atoms with Crippen LogP contribution < -0.4 is 5.32 Å². The van der Waals surface area contributed by atoms with E-state index in [-0.39, 0.29) is 24.7 Å². The molecule has 0 radical (unpaired) electrons. The van der Waals surface area contributed by atoms with Crippen molar-refractivity contribution in [1.82, 2.24) is 9.38 Å². The predicted molar refractivity (Wildman–Crippen MR) is 68.5 cm³/mol. The zero-order valence-corrected chi connectivity index (χ0v) is 10.4. The summed E-state index contributed by atoms with van der Waals surface area (Å²) < 4.78 is 6.28. The smallest absolute Gasteiger partial charge is 0.356 e. The molecule has 7 heteroatoms. The fraction of sp³-hybridized carbons (Fsp3) is 0.333. The van der Waals surface area contributed by atoms with Crippen molar-refractivity contribution in [3.05, 3.63) is 30.1 Å². The molecule has 19 heavy (non-hydrogen) atoms. The Morgan fingerprint density at radius 3 is 3.05 bits per heavy atom. The Bertz CT molecular complexity index is 581. The minimum absolute atomic E-state index is 0.0419. The van der Waals surface area contributed by atoms with E-state index in [4.69, 9.17) is 4.74 Å². The zero-order valence-electron chi connectivity index (χ0n) is 10.4. The van der Waals surface area contributed by atoms with Gasteiger partial charge in [0, 0.05) is 19.9 Å². The SMILES string of the molecule is COCC(O)CNc1nc2ccccn2c1C(=O)O. The number of ether oxygens (including phenoxy) is 1. The summed E-state index contributed by atoms with van der Waals surface area (Å²) in [6, 6.07) is 5.21. The fourth-order valence-electron chi connectivity index (χ4n) is 1.79. The van der Waals surface area contributed by atoms with Gasteiger partial charge < -0.3 is 20.3 Å². The Hall–Kier alpha value is -2.12. The number of carboxylic acid groups (broad SMARTS) is 1. The molecule has 0 fully saturated rings. The number of aromatic nitrogens is 2. The Morgan fingerprint density at radius 2 is 2.37 bits per heavy atom. The third kappa shape index (κ3) is 2.83. The number of methoxy groups -OCH3 is 1. The number of aromatic carboxylic acids is 1. The van der Waals surface area contributed by atoms with Crippen LogP contribution in [-0.4, -0.2) is 51.9 Å².